The Morgan fingerprint density at radius 1 is 1.35 bits per heavy atom. The molecule has 1 aromatic rings. The fourth-order valence-electron chi connectivity index (χ4n) is 3.25. The van der Waals surface area contributed by atoms with Crippen molar-refractivity contribution in [2.24, 2.45) is 11.7 Å². The zero-order chi connectivity index (χ0) is 14.5. The number of hydrogen-bond acceptors (Lipinski definition) is 3. The quantitative estimate of drug-likeness (QED) is 0.818. The standard InChI is InChI=1S/C16H27BrN2S/c1-3-12-6-5-10-19(11-9-12)16(13(18)4-2)14-7-8-15(17)20-14/h7-8,12-13,16H,3-6,9-11,18H2,1-2H3. The summed E-state index contributed by atoms with van der Waals surface area (Å²) in [6.45, 7) is 6.93. The third-order valence-electron chi connectivity index (χ3n) is 4.62. The van der Waals surface area contributed by atoms with Crippen molar-refractivity contribution in [2.45, 2.75) is 58.0 Å². The summed E-state index contributed by atoms with van der Waals surface area (Å²) >= 11 is 5.43. The first-order valence-electron chi connectivity index (χ1n) is 7.90. The van der Waals surface area contributed by atoms with E-state index in [2.05, 4.69) is 46.8 Å². The minimum atomic E-state index is 0.235. The van der Waals surface area contributed by atoms with Crippen LogP contribution in [0.2, 0.25) is 0 Å². The number of thiophene rings is 1. The Morgan fingerprint density at radius 2 is 2.15 bits per heavy atom. The molecule has 2 rings (SSSR count). The van der Waals surface area contributed by atoms with Gasteiger partial charge in [-0.2, -0.15) is 0 Å². The van der Waals surface area contributed by atoms with Gasteiger partial charge in [-0.05, 0) is 72.8 Å². The lowest BCUT2D eigenvalue weighted by Crippen LogP contribution is -2.41. The van der Waals surface area contributed by atoms with E-state index in [1.54, 1.807) is 0 Å². The molecule has 0 aliphatic carbocycles. The molecule has 0 bridgehead atoms. The highest BCUT2D eigenvalue weighted by Crippen LogP contribution is 2.35. The van der Waals surface area contributed by atoms with E-state index < -0.39 is 0 Å². The first-order valence-corrected chi connectivity index (χ1v) is 9.51. The Hall–Kier alpha value is 0.1000. The van der Waals surface area contributed by atoms with E-state index in [4.69, 9.17) is 5.73 Å². The van der Waals surface area contributed by atoms with E-state index in [0.717, 1.165) is 12.3 Å². The molecule has 114 valence electrons. The number of nitrogens with two attached hydrogens (primary N) is 1. The fourth-order valence-corrected chi connectivity index (χ4v) is 4.88. The Balaban J connectivity index is 2.14. The zero-order valence-electron chi connectivity index (χ0n) is 12.6. The first-order chi connectivity index (χ1) is 9.65. The lowest BCUT2D eigenvalue weighted by Gasteiger charge is -2.34. The highest BCUT2D eigenvalue weighted by molar-refractivity contribution is 9.11. The van der Waals surface area contributed by atoms with E-state index in [-0.39, 0.29) is 6.04 Å². The molecule has 3 atom stereocenters. The lowest BCUT2D eigenvalue weighted by molar-refractivity contribution is 0.176. The first kappa shape index (κ1) is 16.5. The highest BCUT2D eigenvalue weighted by Gasteiger charge is 2.28. The molecule has 3 unspecified atom stereocenters. The molecule has 1 fully saturated rings. The van der Waals surface area contributed by atoms with Crippen LogP contribution in [0.5, 0.6) is 0 Å². The summed E-state index contributed by atoms with van der Waals surface area (Å²) in [5.41, 5.74) is 6.46. The molecule has 0 spiro atoms. The van der Waals surface area contributed by atoms with Gasteiger partial charge in [-0.15, -0.1) is 11.3 Å². The molecule has 0 saturated carbocycles. The average molecular weight is 359 g/mol. The van der Waals surface area contributed by atoms with Gasteiger partial charge < -0.3 is 5.73 Å². The zero-order valence-corrected chi connectivity index (χ0v) is 15.0. The van der Waals surface area contributed by atoms with E-state index in [9.17, 15) is 0 Å². The number of halogens is 1. The van der Waals surface area contributed by atoms with Gasteiger partial charge >= 0.3 is 0 Å². The SMILES string of the molecule is CCC1CCCN(C(c2ccc(Br)s2)C(N)CC)CC1. The average Bonchev–Trinajstić information content (AvgIpc) is 2.74. The predicted octanol–water partition coefficient (Wildman–Crippen LogP) is 4.80. The minimum Gasteiger partial charge on any atom is -0.326 e. The second-order valence-corrected chi connectivity index (χ2v) is 8.39. The van der Waals surface area contributed by atoms with Crippen LogP contribution in [0, 0.1) is 5.92 Å². The Kier molecular flexibility index (Phi) is 6.53. The summed E-state index contributed by atoms with van der Waals surface area (Å²) in [6.07, 6.45) is 6.39. The maximum absolute atomic E-state index is 6.46. The maximum atomic E-state index is 6.46. The van der Waals surface area contributed by atoms with Gasteiger partial charge in [0.05, 0.1) is 9.83 Å². The van der Waals surface area contributed by atoms with E-state index in [1.165, 1.54) is 47.4 Å². The smallest absolute Gasteiger partial charge is 0.0702 e. The Labute approximate surface area is 135 Å². The normalized spacial score (nSPS) is 24.3. The predicted molar refractivity (Wildman–Crippen MR) is 92.2 cm³/mol. The summed E-state index contributed by atoms with van der Waals surface area (Å²) in [5, 5.41) is 0. The molecule has 0 aromatic carbocycles. The van der Waals surface area contributed by atoms with Gasteiger partial charge in [0.25, 0.3) is 0 Å². The van der Waals surface area contributed by atoms with Crippen LogP contribution >= 0.6 is 27.3 Å². The van der Waals surface area contributed by atoms with Gasteiger partial charge in [0.1, 0.15) is 0 Å². The third kappa shape index (κ3) is 4.06. The van der Waals surface area contributed by atoms with Crippen LogP contribution in [0.15, 0.2) is 15.9 Å². The largest absolute Gasteiger partial charge is 0.326 e. The number of nitrogens with zero attached hydrogens (tertiary/aromatic N) is 1. The van der Waals surface area contributed by atoms with Gasteiger partial charge in [-0.3, -0.25) is 4.90 Å². The van der Waals surface area contributed by atoms with Crippen molar-refractivity contribution in [2.75, 3.05) is 13.1 Å². The second kappa shape index (κ2) is 7.92. The van der Waals surface area contributed by atoms with Crippen LogP contribution in [-0.4, -0.2) is 24.0 Å². The molecule has 1 aromatic heterocycles. The molecular formula is C16H27BrN2S. The second-order valence-electron chi connectivity index (χ2n) is 5.90. The molecule has 1 aliphatic rings. The van der Waals surface area contributed by atoms with E-state index in [1.807, 2.05) is 11.3 Å². The van der Waals surface area contributed by atoms with Crippen molar-refractivity contribution in [3.05, 3.63) is 20.8 Å². The summed E-state index contributed by atoms with van der Waals surface area (Å²) in [7, 11) is 0. The molecule has 1 saturated heterocycles. The summed E-state index contributed by atoms with van der Waals surface area (Å²) in [6, 6.07) is 5.03. The van der Waals surface area contributed by atoms with E-state index in [0.29, 0.717) is 6.04 Å². The van der Waals surface area contributed by atoms with Gasteiger partial charge in [0.15, 0.2) is 0 Å². The third-order valence-corrected chi connectivity index (χ3v) is 6.31. The van der Waals surface area contributed by atoms with Crippen LogP contribution in [0.1, 0.15) is 56.9 Å². The van der Waals surface area contributed by atoms with Crippen molar-refractivity contribution in [1.29, 1.82) is 0 Å². The van der Waals surface area contributed by atoms with Gasteiger partial charge in [0.2, 0.25) is 0 Å². The van der Waals surface area contributed by atoms with Crippen molar-refractivity contribution in [3.63, 3.8) is 0 Å². The minimum absolute atomic E-state index is 0.235. The van der Waals surface area contributed by atoms with Crippen LogP contribution < -0.4 is 5.73 Å². The van der Waals surface area contributed by atoms with Gasteiger partial charge in [-0.1, -0.05) is 20.3 Å². The molecule has 0 amide bonds. The topological polar surface area (TPSA) is 29.3 Å². The number of rotatable bonds is 5. The molecule has 2 N–H and O–H groups in total. The fraction of sp³-hybridized carbons (Fsp3) is 0.750. The monoisotopic (exact) mass is 358 g/mol. The summed E-state index contributed by atoms with van der Waals surface area (Å²) in [4.78, 5) is 4.06. The molecule has 20 heavy (non-hydrogen) atoms. The molecule has 2 heterocycles. The van der Waals surface area contributed by atoms with Crippen LogP contribution in [0.25, 0.3) is 0 Å². The van der Waals surface area contributed by atoms with Crippen LogP contribution in [-0.2, 0) is 0 Å². The highest BCUT2D eigenvalue weighted by atomic mass is 79.9. The molecular weight excluding hydrogens is 332 g/mol. The number of hydrogen-bond donors (Lipinski definition) is 1. The molecule has 0 radical (unpaired) electrons. The van der Waals surface area contributed by atoms with Crippen LogP contribution in [0.3, 0.4) is 0 Å². The Bertz CT molecular complexity index is 407. The molecule has 4 heteroatoms. The summed E-state index contributed by atoms with van der Waals surface area (Å²) < 4.78 is 1.21. The van der Waals surface area contributed by atoms with Crippen molar-refractivity contribution in [1.82, 2.24) is 4.90 Å². The van der Waals surface area contributed by atoms with Gasteiger partial charge in [-0.25, -0.2) is 0 Å². The number of likely N-dealkylation sites (tertiary alicyclic amines) is 1. The maximum Gasteiger partial charge on any atom is 0.0702 e. The van der Waals surface area contributed by atoms with Crippen molar-refractivity contribution in [3.8, 4) is 0 Å². The van der Waals surface area contributed by atoms with Crippen molar-refractivity contribution >= 4 is 27.3 Å². The van der Waals surface area contributed by atoms with Crippen molar-refractivity contribution < 1.29 is 0 Å². The van der Waals surface area contributed by atoms with E-state index >= 15 is 0 Å². The Morgan fingerprint density at radius 3 is 2.75 bits per heavy atom. The van der Waals surface area contributed by atoms with Crippen LogP contribution in [0.4, 0.5) is 0 Å². The summed E-state index contributed by atoms with van der Waals surface area (Å²) in [5.74, 6) is 0.911. The lowest BCUT2D eigenvalue weighted by atomic mass is 9.98. The molecule has 2 nitrogen and oxygen atoms in total. The molecule has 1 aliphatic heterocycles. The van der Waals surface area contributed by atoms with Gasteiger partial charge in [0, 0.05) is 10.9 Å².